The predicted molar refractivity (Wildman–Crippen MR) is 50.1 cm³/mol. The molecule has 0 radical (unpaired) electrons. The van der Waals surface area contributed by atoms with Crippen LogP contribution in [-0.4, -0.2) is 20.6 Å². The molecule has 0 aliphatic heterocycles. The van der Waals surface area contributed by atoms with E-state index in [1.165, 1.54) is 0 Å². The lowest BCUT2D eigenvalue weighted by Crippen LogP contribution is -1.91. The molecular weight excluding hydrogens is 172 g/mol. The molecule has 1 N–H and O–H groups in total. The van der Waals surface area contributed by atoms with Crippen LogP contribution in [0.4, 0.5) is 5.69 Å². The van der Waals surface area contributed by atoms with E-state index in [9.17, 15) is 0 Å². The van der Waals surface area contributed by atoms with Gasteiger partial charge in [-0.2, -0.15) is 0 Å². The second kappa shape index (κ2) is 3.02. The van der Waals surface area contributed by atoms with E-state index in [1.54, 1.807) is 24.3 Å². The van der Waals surface area contributed by atoms with Crippen molar-refractivity contribution in [1.82, 2.24) is 14.4 Å². The van der Waals surface area contributed by atoms with Crippen LogP contribution in [0.1, 0.15) is 0 Å². The molecule has 2 rings (SSSR count). The van der Waals surface area contributed by atoms with Gasteiger partial charge in [-0.3, -0.25) is 4.40 Å². The highest BCUT2D eigenvalue weighted by atomic mass is 32.2. The topological polar surface area (TPSA) is 42.2 Å². The van der Waals surface area contributed by atoms with Crippen LogP contribution in [-0.2, 0) is 0 Å². The number of nitrogens with one attached hydrogen (secondary N) is 1. The Kier molecular flexibility index (Phi) is 1.87. The van der Waals surface area contributed by atoms with E-state index in [-0.39, 0.29) is 0 Å². The average molecular weight is 180 g/mol. The van der Waals surface area contributed by atoms with Crippen molar-refractivity contribution in [1.29, 1.82) is 0 Å². The molecule has 4 nitrogen and oxygen atoms in total. The van der Waals surface area contributed by atoms with E-state index in [0.717, 1.165) is 11.5 Å². The van der Waals surface area contributed by atoms with Crippen molar-refractivity contribution >= 4 is 23.4 Å². The molecule has 0 aromatic carbocycles. The molecule has 0 saturated heterocycles. The second-order valence-corrected chi connectivity index (χ2v) is 2.90. The van der Waals surface area contributed by atoms with E-state index >= 15 is 0 Å². The summed E-state index contributed by atoms with van der Waals surface area (Å²) in [5, 5.41) is 0. The Morgan fingerprint density at radius 2 is 2.42 bits per heavy atom. The van der Waals surface area contributed by atoms with Gasteiger partial charge in [0.25, 0.3) is 0 Å². The van der Waals surface area contributed by atoms with E-state index in [1.807, 2.05) is 23.1 Å². The molecule has 12 heavy (non-hydrogen) atoms. The molecule has 62 valence electrons. The van der Waals surface area contributed by atoms with Gasteiger partial charge in [0, 0.05) is 24.8 Å². The van der Waals surface area contributed by atoms with Gasteiger partial charge in [-0.05, 0) is 0 Å². The first kappa shape index (κ1) is 7.42. The van der Waals surface area contributed by atoms with Crippen LogP contribution in [0.3, 0.4) is 0 Å². The standard InChI is InChI=1S/C7H8N4S/c1-12-10-6-4-9-7-8-2-3-11(7)5-6/h2-5,10H,1H3. The zero-order valence-corrected chi connectivity index (χ0v) is 7.38. The summed E-state index contributed by atoms with van der Waals surface area (Å²) in [7, 11) is 0. The first-order chi connectivity index (χ1) is 5.90. The molecule has 0 bridgehead atoms. The first-order valence-electron chi connectivity index (χ1n) is 3.48. The number of rotatable bonds is 2. The van der Waals surface area contributed by atoms with Gasteiger partial charge in [-0.15, -0.1) is 0 Å². The van der Waals surface area contributed by atoms with Gasteiger partial charge in [0.15, 0.2) is 0 Å². The van der Waals surface area contributed by atoms with Gasteiger partial charge in [0.1, 0.15) is 0 Å². The van der Waals surface area contributed by atoms with Crippen LogP contribution >= 0.6 is 11.9 Å². The molecule has 0 fully saturated rings. The van der Waals surface area contributed by atoms with Crippen molar-refractivity contribution in [2.45, 2.75) is 0 Å². The summed E-state index contributed by atoms with van der Waals surface area (Å²) >= 11 is 1.54. The number of imidazole rings is 1. The summed E-state index contributed by atoms with van der Waals surface area (Å²) in [5.74, 6) is 0.724. The van der Waals surface area contributed by atoms with Crippen molar-refractivity contribution in [2.24, 2.45) is 0 Å². The monoisotopic (exact) mass is 180 g/mol. The Bertz CT molecular complexity index is 384. The van der Waals surface area contributed by atoms with Crippen LogP contribution in [0.25, 0.3) is 5.78 Å². The third kappa shape index (κ3) is 1.23. The average Bonchev–Trinajstić information content (AvgIpc) is 2.51. The first-order valence-corrected chi connectivity index (χ1v) is 4.70. The minimum Gasteiger partial charge on any atom is -0.327 e. The molecule has 0 aliphatic rings. The molecule has 2 aromatic rings. The number of anilines is 1. The smallest absolute Gasteiger partial charge is 0.233 e. The Balaban J connectivity index is 2.46. The molecule has 0 amide bonds. The number of hydrogen-bond donors (Lipinski definition) is 1. The van der Waals surface area contributed by atoms with Crippen LogP contribution in [0.2, 0.25) is 0 Å². The lowest BCUT2D eigenvalue weighted by molar-refractivity contribution is 1.11. The van der Waals surface area contributed by atoms with Crippen molar-refractivity contribution in [3.05, 3.63) is 24.8 Å². The van der Waals surface area contributed by atoms with Gasteiger partial charge >= 0.3 is 0 Å². The number of nitrogens with zero attached hydrogens (tertiary/aromatic N) is 3. The highest BCUT2D eigenvalue weighted by Gasteiger charge is 1.95. The van der Waals surface area contributed by atoms with Crippen molar-refractivity contribution in [2.75, 3.05) is 11.0 Å². The van der Waals surface area contributed by atoms with Gasteiger partial charge in [-0.25, -0.2) is 9.97 Å². The van der Waals surface area contributed by atoms with Crippen molar-refractivity contribution < 1.29 is 0 Å². The van der Waals surface area contributed by atoms with E-state index in [2.05, 4.69) is 14.7 Å². The zero-order valence-electron chi connectivity index (χ0n) is 6.56. The highest BCUT2D eigenvalue weighted by Crippen LogP contribution is 2.09. The Labute approximate surface area is 74.2 Å². The molecule has 0 saturated carbocycles. The summed E-state index contributed by atoms with van der Waals surface area (Å²) < 4.78 is 4.97. The van der Waals surface area contributed by atoms with Crippen LogP contribution in [0, 0.1) is 0 Å². The molecule has 0 unspecified atom stereocenters. The fraction of sp³-hybridized carbons (Fsp3) is 0.143. The van der Waals surface area contributed by atoms with E-state index in [4.69, 9.17) is 0 Å². The zero-order chi connectivity index (χ0) is 8.39. The Morgan fingerprint density at radius 1 is 1.50 bits per heavy atom. The van der Waals surface area contributed by atoms with Crippen LogP contribution in [0.5, 0.6) is 0 Å². The third-order valence-corrected chi connectivity index (χ3v) is 1.91. The maximum absolute atomic E-state index is 4.14. The maximum atomic E-state index is 4.14. The Morgan fingerprint density at radius 3 is 3.25 bits per heavy atom. The molecule has 0 atom stereocenters. The molecule has 2 heterocycles. The normalized spacial score (nSPS) is 10.4. The minimum atomic E-state index is 0.724. The SMILES string of the molecule is CSNc1cnc2nccn2c1. The number of aromatic nitrogens is 3. The van der Waals surface area contributed by atoms with Gasteiger partial charge < -0.3 is 4.72 Å². The molecule has 2 aromatic heterocycles. The maximum Gasteiger partial charge on any atom is 0.233 e. The summed E-state index contributed by atoms with van der Waals surface area (Å²) in [6, 6.07) is 0. The summed E-state index contributed by atoms with van der Waals surface area (Å²) in [6.45, 7) is 0. The summed E-state index contributed by atoms with van der Waals surface area (Å²) in [4.78, 5) is 8.17. The number of hydrogen-bond acceptors (Lipinski definition) is 4. The van der Waals surface area contributed by atoms with Gasteiger partial charge in [-0.1, -0.05) is 11.9 Å². The third-order valence-electron chi connectivity index (χ3n) is 1.47. The molecule has 0 spiro atoms. The molecule has 0 aliphatic carbocycles. The minimum absolute atomic E-state index is 0.724. The lowest BCUT2D eigenvalue weighted by Gasteiger charge is -2.00. The summed E-state index contributed by atoms with van der Waals surface area (Å²) in [6.07, 6.45) is 9.28. The fourth-order valence-corrected chi connectivity index (χ4v) is 1.33. The van der Waals surface area contributed by atoms with Gasteiger partial charge in [0.05, 0.1) is 11.9 Å². The number of fused-ring (bicyclic) bond motifs is 1. The predicted octanol–water partition coefficient (Wildman–Crippen LogP) is 1.42. The molecule has 5 heteroatoms. The van der Waals surface area contributed by atoms with Gasteiger partial charge in [0.2, 0.25) is 5.78 Å². The second-order valence-electron chi connectivity index (χ2n) is 2.28. The van der Waals surface area contributed by atoms with E-state index in [0.29, 0.717) is 0 Å². The fourth-order valence-electron chi connectivity index (χ4n) is 0.987. The largest absolute Gasteiger partial charge is 0.327 e. The van der Waals surface area contributed by atoms with E-state index < -0.39 is 0 Å². The van der Waals surface area contributed by atoms with Crippen molar-refractivity contribution in [3.8, 4) is 0 Å². The van der Waals surface area contributed by atoms with Crippen LogP contribution < -0.4 is 4.72 Å². The Hall–Kier alpha value is -1.23. The summed E-state index contributed by atoms with van der Waals surface area (Å²) in [5.41, 5.74) is 0.980. The quantitative estimate of drug-likeness (QED) is 0.710. The highest BCUT2D eigenvalue weighted by molar-refractivity contribution is 7.99. The lowest BCUT2D eigenvalue weighted by atomic mass is 10.6. The van der Waals surface area contributed by atoms with Crippen LogP contribution in [0.15, 0.2) is 24.8 Å². The molecular formula is C7H8N4S. The van der Waals surface area contributed by atoms with Crippen molar-refractivity contribution in [3.63, 3.8) is 0 Å².